The van der Waals surface area contributed by atoms with Crippen LogP contribution in [-0.2, 0) is 12.6 Å². The first-order valence-corrected chi connectivity index (χ1v) is 4.37. The van der Waals surface area contributed by atoms with Crippen molar-refractivity contribution in [2.75, 3.05) is 0 Å². The van der Waals surface area contributed by atoms with Crippen molar-refractivity contribution in [3.05, 3.63) is 29.3 Å². The van der Waals surface area contributed by atoms with Gasteiger partial charge in [0, 0.05) is 5.56 Å². The average Bonchev–Trinajstić information content (AvgIpc) is 1.97. The molecule has 1 aromatic rings. The maximum atomic E-state index is 9.75. The molecule has 0 aliphatic heterocycles. The topological polar surface area (TPSA) is 0 Å². The van der Waals surface area contributed by atoms with Gasteiger partial charge in [0.1, 0.15) is 0 Å². The van der Waals surface area contributed by atoms with Crippen LogP contribution in [0.15, 0.2) is 23.1 Å². The highest BCUT2D eigenvalue weighted by Crippen LogP contribution is 2.10. The number of hydrogen-bond acceptors (Lipinski definition) is 0. The molecule has 0 saturated heterocycles. The molecular formula is C8H11BF4S. The molecule has 0 aromatic heterocycles. The van der Waals surface area contributed by atoms with Crippen molar-refractivity contribution >= 4 is 19.9 Å². The first kappa shape index (κ1) is 13.4. The zero-order valence-electron chi connectivity index (χ0n) is 7.82. The van der Waals surface area contributed by atoms with Crippen LogP contribution in [0.4, 0.5) is 17.3 Å². The van der Waals surface area contributed by atoms with E-state index in [1.165, 1.54) is 16.0 Å². The molecule has 0 spiro atoms. The number of halogens is 4. The lowest BCUT2D eigenvalue weighted by Crippen LogP contribution is -2.02. The zero-order chi connectivity index (χ0) is 11.4. The van der Waals surface area contributed by atoms with Crippen LogP contribution < -0.4 is 0 Å². The Labute approximate surface area is 85.8 Å². The minimum absolute atomic E-state index is 1.19. The van der Waals surface area contributed by atoms with Crippen LogP contribution in [0.1, 0.15) is 11.1 Å². The first-order chi connectivity index (χ1) is 6.22. The normalized spacial score (nSPS) is 10.5. The summed E-state index contributed by atoms with van der Waals surface area (Å²) in [4.78, 5) is 1.19. The molecular weight excluding hydrogens is 215 g/mol. The molecule has 0 bridgehead atoms. The monoisotopic (exact) mass is 226 g/mol. The van der Waals surface area contributed by atoms with Gasteiger partial charge in [-0.25, -0.2) is 0 Å². The molecule has 0 fully saturated rings. The van der Waals surface area contributed by atoms with Gasteiger partial charge >= 0.3 is 7.25 Å². The lowest BCUT2D eigenvalue weighted by molar-refractivity contribution is 0.368. The van der Waals surface area contributed by atoms with Gasteiger partial charge in [0.05, 0.1) is 0 Å². The lowest BCUT2D eigenvalue weighted by atomic mass is 10.1. The fraction of sp³-hybridized carbons (Fsp3) is 0.250. The van der Waals surface area contributed by atoms with Crippen molar-refractivity contribution < 1.29 is 17.3 Å². The van der Waals surface area contributed by atoms with Crippen LogP contribution in [0, 0.1) is 13.8 Å². The molecule has 0 atom stereocenters. The summed E-state index contributed by atoms with van der Waals surface area (Å²) in [6.45, 7) is 4.22. The fourth-order valence-corrected chi connectivity index (χ4v) is 1.04. The number of hydrogen-bond donors (Lipinski definition) is 0. The van der Waals surface area contributed by atoms with E-state index < -0.39 is 7.25 Å². The van der Waals surface area contributed by atoms with E-state index in [1.54, 1.807) is 0 Å². The van der Waals surface area contributed by atoms with Crippen LogP contribution in [0.25, 0.3) is 0 Å². The summed E-state index contributed by atoms with van der Waals surface area (Å²) in [5.74, 6) is 0. The molecule has 0 saturated carbocycles. The Morgan fingerprint density at radius 1 is 1.07 bits per heavy atom. The summed E-state index contributed by atoms with van der Waals surface area (Å²) in [6, 6.07) is 6.21. The molecule has 0 aliphatic rings. The summed E-state index contributed by atoms with van der Waals surface area (Å²) in [6.07, 6.45) is 0. The van der Waals surface area contributed by atoms with Gasteiger partial charge in [-0.3, -0.25) is 0 Å². The average molecular weight is 226 g/mol. The molecule has 0 nitrogen and oxygen atoms in total. The third kappa shape index (κ3) is 6.83. The standard InChI is InChI=1S/C8H10S.BF4/c1-6-4-3-5-8(9)7(6)2;2-1(3,4)5/h3-5,9H,1-2H3;/q;-1/p+1. The Bertz CT molecular complexity index is 272. The van der Waals surface area contributed by atoms with Crippen molar-refractivity contribution in [2.45, 2.75) is 18.7 Å². The maximum absolute atomic E-state index is 9.75. The van der Waals surface area contributed by atoms with E-state index in [1.807, 2.05) is 6.07 Å². The van der Waals surface area contributed by atoms with Crippen molar-refractivity contribution in [1.82, 2.24) is 0 Å². The Morgan fingerprint density at radius 3 is 1.79 bits per heavy atom. The van der Waals surface area contributed by atoms with Crippen LogP contribution in [0.2, 0.25) is 0 Å². The van der Waals surface area contributed by atoms with Gasteiger partial charge in [0.25, 0.3) is 0 Å². The summed E-state index contributed by atoms with van der Waals surface area (Å²) in [5.41, 5.74) is 2.66. The van der Waals surface area contributed by atoms with Crippen molar-refractivity contribution in [3.63, 3.8) is 0 Å². The second-order valence-electron chi connectivity index (χ2n) is 2.74. The SMILES string of the molecule is Cc1cccc([SH2+])c1C.F[B-](F)(F)F. The van der Waals surface area contributed by atoms with Crippen LogP contribution in [0.3, 0.4) is 0 Å². The third-order valence-corrected chi connectivity index (χ3v) is 2.15. The number of rotatable bonds is 0. The molecule has 1 aromatic carbocycles. The lowest BCUT2D eigenvalue weighted by Gasteiger charge is -1.95. The van der Waals surface area contributed by atoms with Gasteiger partial charge in [-0.15, -0.1) is 0 Å². The minimum atomic E-state index is -6.00. The minimum Gasteiger partial charge on any atom is -0.418 e. The third-order valence-electron chi connectivity index (χ3n) is 1.60. The van der Waals surface area contributed by atoms with E-state index in [9.17, 15) is 17.3 Å². The molecule has 1 rings (SSSR count). The summed E-state index contributed by atoms with van der Waals surface area (Å²) in [7, 11) is -6.00. The predicted molar refractivity (Wildman–Crippen MR) is 54.5 cm³/mol. The molecule has 14 heavy (non-hydrogen) atoms. The summed E-state index contributed by atoms with van der Waals surface area (Å²) < 4.78 is 39.0. The Balaban J connectivity index is 0.000000292. The largest absolute Gasteiger partial charge is 0.673 e. The Kier molecular flexibility index (Phi) is 5.05. The quantitative estimate of drug-likeness (QED) is 0.362. The zero-order valence-corrected chi connectivity index (χ0v) is 8.82. The van der Waals surface area contributed by atoms with Gasteiger partial charge in [0.15, 0.2) is 4.90 Å². The van der Waals surface area contributed by atoms with Gasteiger partial charge in [-0.2, -0.15) is 0 Å². The first-order valence-electron chi connectivity index (χ1n) is 3.87. The van der Waals surface area contributed by atoms with Crippen LogP contribution in [0.5, 0.6) is 0 Å². The maximum Gasteiger partial charge on any atom is 0.673 e. The van der Waals surface area contributed by atoms with E-state index in [4.69, 9.17) is 0 Å². The van der Waals surface area contributed by atoms with E-state index in [0.29, 0.717) is 0 Å². The molecule has 0 heterocycles. The smallest absolute Gasteiger partial charge is 0.418 e. The Hall–Kier alpha value is -0.645. The fourth-order valence-electron chi connectivity index (χ4n) is 0.751. The highest BCUT2D eigenvalue weighted by molar-refractivity contribution is 7.58. The van der Waals surface area contributed by atoms with Gasteiger partial charge < -0.3 is 17.3 Å². The molecule has 0 unspecified atom stereocenters. The highest BCUT2D eigenvalue weighted by Gasteiger charge is 2.20. The predicted octanol–water partition coefficient (Wildman–Crippen LogP) is 2.97. The van der Waals surface area contributed by atoms with Gasteiger partial charge in [-0.05, 0) is 38.1 Å². The van der Waals surface area contributed by atoms with E-state index >= 15 is 0 Å². The molecule has 6 heteroatoms. The van der Waals surface area contributed by atoms with Crippen LogP contribution >= 0.6 is 0 Å². The van der Waals surface area contributed by atoms with E-state index in [2.05, 4.69) is 38.6 Å². The molecule has 0 radical (unpaired) electrons. The molecule has 80 valence electrons. The summed E-state index contributed by atoms with van der Waals surface area (Å²) in [5, 5.41) is 0. The second-order valence-corrected chi connectivity index (χ2v) is 3.28. The molecule has 0 N–H and O–H groups in total. The van der Waals surface area contributed by atoms with E-state index in [0.717, 1.165) is 0 Å². The van der Waals surface area contributed by atoms with Crippen LogP contribution in [-0.4, -0.2) is 7.25 Å². The van der Waals surface area contributed by atoms with E-state index in [-0.39, 0.29) is 0 Å². The van der Waals surface area contributed by atoms with Crippen molar-refractivity contribution in [3.8, 4) is 0 Å². The van der Waals surface area contributed by atoms with Gasteiger partial charge in [0.2, 0.25) is 0 Å². The highest BCUT2D eigenvalue weighted by atomic mass is 32.1. The molecule has 0 aliphatic carbocycles. The second kappa shape index (κ2) is 5.29. The summed E-state index contributed by atoms with van der Waals surface area (Å²) >= 11 is 3.49. The number of benzene rings is 1. The number of aryl methyl sites for hydroxylation is 1. The Morgan fingerprint density at radius 2 is 1.50 bits per heavy atom. The van der Waals surface area contributed by atoms with Crippen molar-refractivity contribution in [1.29, 1.82) is 0 Å². The van der Waals surface area contributed by atoms with Crippen molar-refractivity contribution in [2.24, 2.45) is 0 Å². The molecule has 0 amide bonds. The van der Waals surface area contributed by atoms with Gasteiger partial charge in [-0.1, -0.05) is 12.1 Å².